The van der Waals surface area contributed by atoms with Crippen LogP contribution in [0.25, 0.3) is 66.4 Å². The van der Waals surface area contributed by atoms with Crippen LogP contribution < -0.4 is 4.90 Å². The summed E-state index contributed by atoms with van der Waals surface area (Å²) in [6, 6.07) is 54.4. The first kappa shape index (κ1) is 25.4. The molecule has 4 nitrogen and oxygen atoms in total. The molecule has 2 aromatic heterocycles. The largest absolute Gasteiger partial charge is 0.456 e. The number of benzene rings is 7. The summed E-state index contributed by atoms with van der Waals surface area (Å²) in [5.41, 5.74) is 9.58. The third-order valence-corrected chi connectivity index (χ3v) is 8.47. The second kappa shape index (κ2) is 10.2. The lowest BCUT2D eigenvalue weighted by Gasteiger charge is -2.27. The van der Waals surface area contributed by atoms with Crippen molar-refractivity contribution in [2.75, 3.05) is 4.90 Å². The molecule has 9 aromatic rings. The Bertz CT molecular complexity index is 2490. The summed E-state index contributed by atoms with van der Waals surface area (Å²) in [6.07, 6.45) is 0. The molecule has 0 bridgehead atoms. The lowest BCUT2D eigenvalue weighted by atomic mass is 10.0. The van der Waals surface area contributed by atoms with Crippen LogP contribution >= 0.6 is 0 Å². The van der Waals surface area contributed by atoms with Crippen LogP contribution in [0.15, 0.2) is 167 Å². The van der Waals surface area contributed by atoms with E-state index in [-0.39, 0.29) is 0 Å². The minimum atomic E-state index is 0.606. The van der Waals surface area contributed by atoms with Gasteiger partial charge in [0, 0.05) is 39.2 Å². The minimum absolute atomic E-state index is 0.606. The van der Waals surface area contributed by atoms with Gasteiger partial charge in [-0.2, -0.15) is 0 Å². The Balaban J connectivity index is 1.31. The third kappa shape index (κ3) is 4.27. The van der Waals surface area contributed by atoms with E-state index in [0.717, 1.165) is 77.6 Å². The molecule has 0 aliphatic rings. The molecule has 0 amide bonds. The molecule has 0 radical (unpaired) electrons. The van der Waals surface area contributed by atoms with Crippen LogP contribution in [-0.2, 0) is 0 Å². The van der Waals surface area contributed by atoms with Gasteiger partial charge in [-0.05, 0) is 71.1 Å². The van der Waals surface area contributed by atoms with Gasteiger partial charge < -0.3 is 13.7 Å². The summed E-state index contributed by atoms with van der Waals surface area (Å²) in [5, 5.41) is 4.31. The van der Waals surface area contributed by atoms with E-state index >= 15 is 0 Å². The lowest BCUT2D eigenvalue weighted by molar-refractivity contribution is 0.620. The van der Waals surface area contributed by atoms with Crippen LogP contribution in [0.5, 0.6) is 0 Å². The van der Waals surface area contributed by atoms with Crippen molar-refractivity contribution in [2.45, 2.75) is 0 Å². The van der Waals surface area contributed by atoms with Crippen molar-refractivity contribution < 1.29 is 8.83 Å². The number of hydrogen-bond donors (Lipinski definition) is 0. The second-order valence-electron chi connectivity index (χ2n) is 11.2. The van der Waals surface area contributed by atoms with E-state index < -0.39 is 0 Å². The topological polar surface area (TPSA) is 42.4 Å². The van der Waals surface area contributed by atoms with Gasteiger partial charge in [-0.3, -0.25) is 0 Å². The van der Waals surface area contributed by atoms with Crippen molar-refractivity contribution in [1.29, 1.82) is 0 Å². The number of hydrogen-bond acceptors (Lipinski definition) is 4. The fraction of sp³-hybridized carbons (Fsp3) is 0. The SMILES string of the molecule is c1ccc(-c2cccc(N(c3ccc4c(c3)oc3ccccc34)c3cccc4ccc5oc(-c6ccccc6)nc5c34)c2)cc1. The summed E-state index contributed by atoms with van der Waals surface area (Å²) in [4.78, 5) is 7.38. The van der Waals surface area contributed by atoms with Gasteiger partial charge in [0.1, 0.15) is 16.7 Å². The van der Waals surface area contributed by atoms with Crippen LogP contribution in [0.3, 0.4) is 0 Å². The Kier molecular flexibility index (Phi) is 5.78. The molecule has 45 heavy (non-hydrogen) atoms. The molecule has 0 fully saturated rings. The minimum Gasteiger partial charge on any atom is -0.456 e. The predicted octanol–water partition coefficient (Wildman–Crippen LogP) is 11.7. The standard InChI is InChI=1S/C41H26N2O2/c1-3-11-27(12-4-1)30-16-9-17-31(25-30)43(32-22-23-34-33-18-7-8-20-36(33)44-38(34)26-32)35-19-10-15-28-21-24-37-40(39(28)35)42-41(45-37)29-13-5-2-6-14-29/h1-26H. The summed E-state index contributed by atoms with van der Waals surface area (Å²) >= 11 is 0. The molecule has 0 aliphatic heterocycles. The number of furan rings is 1. The maximum atomic E-state index is 6.36. The average Bonchev–Trinajstić information content (AvgIpc) is 3.71. The van der Waals surface area contributed by atoms with Crippen molar-refractivity contribution >= 4 is 60.9 Å². The Morgan fingerprint density at radius 1 is 0.444 bits per heavy atom. The van der Waals surface area contributed by atoms with Crippen LogP contribution in [0.1, 0.15) is 0 Å². The molecule has 0 aliphatic carbocycles. The molecule has 4 heteroatoms. The number of oxazole rings is 1. The lowest BCUT2D eigenvalue weighted by Crippen LogP contribution is -2.10. The molecule has 2 heterocycles. The zero-order valence-electron chi connectivity index (χ0n) is 24.2. The van der Waals surface area contributed by atoms with E-state index in [9.17, 15) is 0 Å². The van der Waals surface area contributed by atoms with Gasteiger partial charge >= 0.3 is 0 Å². The van der Waals surface area contributed by atoms with Gasteiger partial charge in [-0.25, -0.2) is 4.98 Å². The maximum absolute atomic E-state index is 6.36. The molecular weight excluding hydrogens is 552 g/mol. The van der Waals surface area contributed by atoms with Gasteiger partial charge in [0.05, 0.1) is 5.69 Å². The van der Waals surface area contributed by atoms with Crippen molar-refractivity contribution in [3.05, 3.63) is 158 Å². The molecule has 0 atom stereocenters. The van der Waals surface area contributed by atoms with Crippen molar-refractivity contribution in [2.24, 2.45) is 0 Å². The van der Waals surface area contributed by atoms with E-state index in [2.05, 4.69) is 108 Å². The van der Waals surface area contributed by atoms with Gasteiger partial charge in [0.25, 0.3) is 0 Å². The van der Waals surface area contributed by atoms with E-state index in [1.54, 1.807) is 0 Å². The quantitative estimate of drug-likeness (QED) is 0.204. The monoisotopic (exact) mass is 578 g/mol. The first-order valence-electron chi connectivity index (χ1n) is 15.0. The van der Waals surface area contributed by atoms with E-state index in [1.165, 1.54) is 0 Å². The highest BCUT2D eigenvalue weighted by atomic mass is 16.3. The first-order chi connectivity index (χ1) is 22.3. The number of aromatic nitrogens is 1. The number of nitrogens with zero attached hydrogens (tertiary/aromatic N) is 2. The smallest absolute Gasteiger partial charge is 0.227 e. The fourth-order valence-corrected chi connectivity index (χ4v) is 6.37. The summed E-state index contributed by atoms with van der Waals surface area (Å²) in [5.74, 6) is 0.606. The summed E-state index contributed by atoms with van der Waals surface area (Å²) in [6.45, 7) is 0. The second-order valence-corrected chi connectivity index (χ2v) is 11.2. The van der Waals surface area contributed by atoms with Crippen LogP contribution in [-0.4, -0.2) is 4.98 Å². The Morgan fingerprint density at radius 3 is 2.02 bits per heavy atom. The van der Waals surface area contributed by atoms with E-state index in [1.807, 2.05) is 54.6 Å². The number of fused-ring (bicyclic) bond motifs is 6. The molecule has 9 rings (SSSR count). The van der Waals surface area contributed by atoms with Crippen LogP contribution in [0.2, 0.25) is 0 Å². The molecule has 7 aromatic carbocycles. The van der Waals surface area contributed by atoms with Crippen LogP contribution in [0.4, 0.5) is 17.1 Å². The van der Waals surface area contributed by atoms with Gasteiger partial charge in [-0.1, -0.05) is 97.1 Å². The predicted molar refractivity (Wildman–Crippen MR) is 184 cm³/mol. The van der Waals surface area contributed by atoms with Gasteiger partial charge in [0.2, 0.25) is 5.89 Å². The highest BCUT2D eigenvalue weighted by Gasteiger charge is 2.21. The Hall–Kier alpha value is -6.13. The zero-order chi connectivity index (χ0) is 29.7. The molecule has 0 spiro atoms. The average molecular weight is 579 g/mol. The van der Waals surface area contributed by atoms with Crippen LogP contribution in [0, 0.1) is 0 Å². The summed E-state index contributed by atoms with van der Waals surface area (Å²) in [7, 11) is 0. The Labute approximate surface area is 259 Å². The highest BCUT2D eigenvalue weighted by molar-refractivity contribution is 6.13. The normalized spacial score (nSPS) is 11.6. The van der Waals surface area contributed by atoms with E-state index in [4.69, 9.17) is 13.8 Å². The van der Waals surface area contributed by atoms with E-state index in [0.29, 0.717) is 5.89 Å². The van der Waals surface area contributed by atoms with Crippen molar-refractivity contribution in [1.82, 2.24) is 4.98 Å². The molecule has 0 saturated heterocycles. The maximum Gasteiger partial charge on any atom is 0.227 e. The van der Waals surface area contributed by atoms with Crippen molar-refractivity contribution in [3.8, 4) is 22.6 Å². The fourth-order valence-electron chi connectivity index (χ4n) is 6.37. The number of rotatable bonds is 5. The number of para-hydroxylation sites is 1. The first-order valence-corrected chi connectivity index (χ1v) is 15.0. The van der Waals surface area contributed by atoms with Gasteiger partial charge in [0.15, 0.2) is 5.58 Å². The molecule has 0 unspecified atom stereocenters. The molecular formula is C41H26N2O2. The molecule has 0 saturated carbocycles. The Morgan fingerprint density at radius 2 is 1.16 bits per heavy atom. The molecule has 212 valence electrons. The molecule has 0 N–H and O–H groups in total. The van der Waals surface area contributed by atoms with Gasteiger partial charge in [-0.15, -0.1) is 0 Å². The highest BCUT2D eigenvalue weighted by Crippen LogP contribution is 2.44. The number of anilines is 3. The van der Waals surface area contributed by atoms with Crippen molar-refractivity contribution in [3.63, 3.8) is 0 Å². The zero-order valence-corrected chi connectivity index (χ0v) is 24.2. The third-order valence-electron chi connectivity index (χ3n) is 8.47. The summed E-state index contributed by atoms with van der Waals surface area (Å²) < 4.78 is 12.7.